The average Bonchev–Trinajstić information content (AvgIpc) is 2.66. The Hall–Kier alpha value is -2.73. The van der Waals surface area contributed by atoms with Crippen LogP contribution in [0.15, 0.2) is 48.5 Å². The molecule has 0 saturated carbocycles. The Labute approximate surface area is 157 Å². The lowest BCUT2D eigenvalue weighted by Gasteiger charge is -2.15. The van der Waals surface area contributed by atoms with Crippen molar-refractivity contribution in [2.75, 3.05) is 6.61 Å². The molecular weight excluding hydrogens is 356 g/mol. The van der Waals surface area contributed by atoms with E-state index in [1.54, 1.807) is 43.3 Å². The molecule has 26 heavy (non-hydrogen) atoms. The number of nitrogens with one attached hydrogen (secondary N) is 2. The highest BCUT2D eigenvalue weighted by Crippen LogP contribution is 2.22. The van der Waals surface area contributed by atoms with Gasteiger partial charge in [-0.2, -0.15) is 0 Å². The predicted molar refractivity (Wildman–Crippen MR) is 99.1 cm³/mol. The van der Waals surface area contributed by atoms with Crippen LogP contribution in [0.4, 0.5) is 0 Å². The van der Waals surface area contributed by atoms with E-state index in [2.05, 4.69) is 17.8 Å². The van der Waals surface area contributed by atoms with Gasteiger partial charge >= 0.3 is 0 Å². The molecule has 0 saturated heterocycles. The standard InChI is InChI=1S/C19H21ClN2O4/c1-3-14-8-10-15(11-9-14)26-13(2)19(24)22-21-18(23)12-25-17-7-5-4-6-16(17)20/h4-11,13H,3,12H2,1-2H3,(H,21,23)(H,22,24)/t13-/m1/s1. The third-order valence-corrected chi connectivity index (χ3v) is 3.85. The highest BCUT2D eigenvalue weighted by atomic mass is 35.5. The first kappa shape index (κ1) is 19.6. The van der Waals surface area contributed by atoms with E-state index in [-0.39, 0.29) is 6.61 Å². The molecule has 0 radical (unpaired) electrons. The number of para-hydroxylation sites is 1. The Bertz CT molecular complexity index is 749. The molecule has 2 N–H and O–H groups in total. The zero-order valence-electron chi connectivity index (χ0n) is 14.6. The van der Waals surface area contributed by atoms with Gasteiger partial charge in [-0.1, -0.05) is 42.8 Å². The number of carbonyl (C=O) groups is 2. The van der Waals surface area contributed by atoms with E-state index < -0.39 is 17.9 Å². The molecule has 2 aromatic carbocycles. The molecule has 1 atom stereocenters. The number of hydrogen-bond donors (Lipinski definition) is 2. The molecule has 0 unspecified atom stereocenters. The Morgan fingerprint density at radius 2 is 1.77 bits per heavy atom. The number of halogens is 1. The first-order valence-electron chi connectivity index (χ1n) is 8.21. The van der Waals surface area contributed by atoms with Crippen LogP contribution in [0.25, 0.3) is 0 Å². The Morgan fingerprint density at radius 1 is 1.08 bits per heavy atom. The third kappa shape index (κ3) is 5.97. The summed E-state index contributed by atoms with van der Waals surface area (Å²) in [6.07, 6.45) is 0.158. The SMILES string of the molecule is CCc1ccc(O[C@H](C)C(=O)NNC(=O)COc2ccccc2Cl)cc1. The van der Waals surface area contributed by atoms with Crippen molar-refractivity contribution in [2.24, 2.45) is 0 Å². The first-order valence-corrected chi connectivity index (χ1v) is 8.59. The number of amides is 2. The summed E-state index contributed by atoms with van der Waals surface area (Å²) < 4.78 is 10.8. The number of rotatable bonds is 7. The van der Waals surface area contributed by atoms with Crippen molar-refractivity contribution < 1.29 is 19.1 Å². The first-order chi connectivity index (χ1) is 12.5. The van der Waals surface area contributed by atoms with Gasteiger partial charge < -0.3 is 9.47 Å². The van der Waals surface area contributed by atoms with Crippen LogP contribution in [-0.4, -0.2) is 24.5 Å². The van der Waals surface area contributed by atoms with E-state index >= 15 is 0 Å². The van der Waals surface area contributed by atoms with Crippen molar-refractivity contribution in [3.05, 3.63) is 59.1 Å². The average molecular weight is 377 g/mol. The third-order valence-electron chi connectivity index (χ3n) is 3.53. The van der Waals surface area contributed by atoms with Gasteiger partial charge in [-0.15, -0.1) is 0 Å². The zero-order valence-corrected chi connectivity index (χ0v) is 15.4. The maximum absolute atomic E-state index is 12.0. The van der Waals surface area contributed by atoms with Gasteiger partial charge in [0, 0.05) is 0 Å². The molecule has 6 nitrogen and oxygen atoms in total. The summed E-state index contributed by atoms with van der Waals surface area (Å²) in [5.74, 6) is -0.0190. The second-order valence-electron chi connectivity index (χ2n) is 5.51. The van der Waals surface area contributed by atoms with E-state index in [1.165, 1.54) is 5.56 Å². The van der Waals surface area contributed by atoms with E-state index in [1.807, 2.05) is 12.1 Å². The topological polar surface area (TPSA) is 76.7 Å². The van der Waals surface area contributed by atoms with Gasteiger partial charge in [0.15, 0.2) is 12.7 Å². The van der Waals surface area contributed by atoms with Gasteiger partial charge in [0.25, 0.3) is 11.8 Å². The lowest BCUT2D eigenvalue weighted by molar-refractivity contribution is -0.133. The van der Waals surface area contributed by atoms with E-state index in [0.717, 1.165) is 6.42 Å². The molecule has 2 aromatic rings. The van der Waals surface area contributed by atoms with Gasteiger partial charge in [-0.25, -0.2) is 0 Å². The fraction of sp³-hybridized carbons (Fsp3) is 0.263. The largest absolute Gasteiger partial charge is 0.482 e. The molecule has 0 fully saturated rings. The van der Waals surface area contributed by atoms with Crippen LogP contribution in [-0.2, 0) is 16.0 Å². The highest BCUT2D eigenvalue weighted by molar-refractivity contribution is 6.32. The summed E-state index contributed by atoms with van der Waals surface area (Å²) in [6.45, 7) is 3.37. The van der Waals surface area contributed by atoms with E-state index in [0.29, 0.717) is 16.5 Å². The molecule has 2 rings (SSSR count). The van der Waals surface area contributed by atoms with Gasteiger partial charge in [-0.3, -0.25) is 20.4 Å². The maximum atomic E-state index is 12.0. The maximum Gasteiger partial charge on any atom is 0.279 e. The van der Waals surface area contributed by atoms with Gasteiger partial charge in [0.1, 0.15) is 11.5 Å². The summed E-state index contributed by atoms with van der Waals surface area (Å²) in [7, 11) is 0. The highest BCUT2D eigenvalue weighted by Gasteiger charge is 2.15. The minimum absolute atomic E-state index is 0.280. The fourth-order valence-electron chi connectivity index (χ4n) is 2.04. The number of hydrogen-bond acceptors (Lipinski definition) is 4. The summed E-state index contributed by atoms with van der Waals surface area (Å²) in [5.41, 5.74) is 5.75. The van der Waals surface area contributed by atoms with Crippen molar-refractivity contribution in [2.45, 2.75) is 26.4 Å². The second-order valence-corrected chi connectivity index (χ2v) is 5.92. The fourth-order valence-corrected chi connectivity index (χ4v) is 2.23. The minimum Gasteiger partial charge on any atom is -0.482 e. The van der Waals surface area contributed by atoms with Crippen molar-refractivity contribution in [1.29, 1.82) is 0 Å². The summed E-state index contributed by atoms with van der Waals surface area (Å²) in [5, 5.41) is 0.403. The van der Waals surface area contributed by atoms with Crippen LogP contribution in [0.2, 0.25) is 5.02 Å². The lowest BCUT2D eigenvalue weighted by Crippen LogP contribution is -2.48. The Morgan fingerprint density at radius 3 is 2.42 bits per heavy atom. The predicted octanol–water partition coefficient (Wildman–Crippen LogP) is 2.90. The number of carbonyl (C=O) groups excluding carboxylic acids is 2. The van der Waals surface area contributed by atoms with Gasteiger partial charge in [-0.05, 0) is 43.2 Å². The number of benzene rings is 2. The molecule has 0 aliphatic heterocycles. The smallest absolute Gasteiger partial charge is 0.279 e. The van der Waals surface area contributed by atoms with Crippen molar-refractivity contribution in [1.82, 2.24) is 10.9 Å². The molecule has 0 aliphatic carbocycles. The number of ether oxygens (including phenoxy) is 2. The molecule has 0 heterocycles. The minimum atomic E-state index is -0.771. The van der Waals surface area contributed by atoms with E-state index in [9.17, 15) is 9.59 Å². The number of aryl methyl sites for hydroxylation is 1. The molecule has 0 aliphatic rings. The zero-order chi connectivity index (χ0) is 18.9. The molecule has 0 aromatic heterocycles. The van der Waals surface area contributed by atoms with Gasteiger partial charge in [0.2, 0.25) is 0 Å². The monoisotopic (exact) mass is 376 g/mol. The number of hydrazine groups is 1. The lowest BCUT2D eigenvalue weighted by atomic mass is 10.2. The van der Waals surface area contributed by atoms with Crippen LogP contribution in [0.5, 0.6) is 11.5 Å². The molecular formula is C19H21ClN2O4. The van der Waals surface area contributed by atoms with Crippen molar-refractivity contribution in [3.63, 3.8) is 0 Å². The molecule has 2 amide bonds. The molecule has 7 heteroatoms. The van der Waals surface area contributed by atoms with Crippen LogP contribution in [0, 0.1) is 0 Å². The molecule has 0 bridgehead atoms. The summed E-state index contributed by atoms with van der Waals surface area (Å²) >= 11 is 5.93. The molecule has 0 spiro atoms. The Kier molecular flexibility index (Phi) is 7.29. The van der Waals surface area contributed by atoms with Crippen LogP contribution in [0.1, 0.15) is 19.4 Å². The van der Waals surface area contributed by atoms with Crippen molar-refractivity contribution in [3.8, 4) is 11.5 Å². The summed E-state index contributed by atoms with van der Waals surface area (Å²) in [4.78, 5) is 23.7. The molecule has 138 valence electrons. The quantitative estimate of drug-likeness (QED) is 0.728. The van der Waals surface area contributed by atoms with E-state index in [4.69, 9.17) is 21.1 Å². The van der Waals surface area contributed by atoms with Crippen LogP contribution in [0.3, 0.4) is 0 Å². The second kappa shape index (κ2) is 9.68. The van der Waals surface area contributed by atoms with Crippen LogP contribution >= 0.6 is 11.6 Å². The normalized spacial score (nSPS) is 11.3. The van der Waals surface area contributed by atoms with Crippen LogP contribution < -0.4 is 20.3 Å². The van der Waals surface area contributed by atoms with Gasteiger partial charge in [0.05, 0.1) is 5.02 Å². The van der Waals surface area contributed by atoms with Crippen molar-refractivity contribution >= 4 is 23.4 Å². The Balaban J connectivity index is 1.74. The summed E-state index contributed by atoms with van der Waals surface area (Å²) in [6, 6.07) is 14.3.